The van der Waals surface area contributed by atoms with Gasteiger partial charge in [0.05, 0.1) is 11.6 Å². The summed E-state index contributed by atoms with van der Waals surface area (Å²) in [5, 5.41) is 3.25. The minimum absolute atomic E-state index is 0.0126. The summed E-state index contributed by atoms with van der Waals surface area (Å²) in [4.78, 5) is 11.8. The lowest BCUT2D eigenvalue weighted by Gasteiger charge is -2.16. The minimum Gasteiger partial charge on any atom is -0.482 e. The summed E-state index contributed by atoms with van der Waals surface area (Å²) < 4.78 is 10.5. The van der Waals surface area contributed by atoms with Crippen LogP contribution in [-0.4, -0.2) is 38.3 Å². The molecule has 2 unspecified atom stereocenters. The van der Waals surface area contributed by atoms with E-state index in [0.717, 1.165) is 5.56 Å². The molecule has 0 fully saturated rings. The lowest BCUT2D eigenvalue weighted by molar-refractivity contribution is -0.124. The smallest absolute Gasteiger partial charge is 0.258 e. The topological polar surface area (TPSA) is 73.6 Å². The molecule has 21 heavy (non-hydrogen) atoms. The SMILES string of the molecule is COCC(C)NC(=O)COc1c(Cl)cccc1CC(C)N. The Balaban J connectivity index is 2.64. The van der Waals surface area contributed by atoms with Gasteiger partial charge in [-0.15, -0.1) is 0 Å². The molecule has 0 bridgehead atoms. The maximum atomic E-state index is 11.8. The van der Waals surface area contributed by atoms with Crippen LogP contribution in [0.4, 0.5) is 0 Å². The summed E-state index contributed by atoms with van der Waals surface area (Å²) in [6.07, 6.45) is 0.636. The highest BCUT2D eigenvalue weighted by Crippen LogP contribution is 2.29. The van der Waals surface area contributed by atoms with Crippen molar-refractivity contribution in [3.63, 3.8) is 0 Å². The van der Waals surface area contributed by atoms with Crippen molar-refractivity contribution in [2.24, 2.45) is 5.73 Å². The first-order valence-corrected chi connectivity index (χ1v) is 7.26. The van der Waals surface area contributed by atoms with Crippen LogP contribution in [0, 0.1) is 0 Å². The van der Waals surface area contributed by atoms with Crippen molar-refractivity contribution in [1.82, 2.24) is 5.32 Å². The van der Waals surface area contributed by atoms with Gasteiger partial charge >= 0.3 is 0 Å². The number of hydrogen-bond donors (Lipinski definition) is 2. The summed E-state index contributed by atoms with van der Waals surface area (Å²) in [5.74, 6) is 0.303. The van der Waals surface area contributed by atoms with Crippen LogP contribution >= 0.6 is 11.6 Å². The van der Waals surface area contributed by atoms with E-state index >= 15 is 0 Å². The molecule has 0 radical (unpaired) electrons. The molecule has 0 aliphatic rings. The number of carbonyl (C=O) groups excluding carboxylic acids is 1. The highest BCUT2D eigenvalue weighted by Gasteiger charge is 2.13. The van der Waals surface area contributed by atoms with E-state index in [0.29, 0.717) is 23.8 Å². The normalized spacial score (nSPS) is 13.6. The van der Waals surface area contributed by atoms with E-state index < -0.39 is 0 Å². The van der Waals surface area contributed by atoms with Crippen molar-refractivity contribution < 1.29 is 14.3 Å². The monoisotopic (exact) mass is 314 g/mol. The maximum absolute atomic E-state index is 11.8. The van der Waals surface area contributed by atoms with Crippen LogP contribution in [0.3, 0.4) is 0 Å². The molecule has 2 atom stereocenters. The number of carbonyl (C=O) groups is 1. The third kappa shape index (κ3) is 6.33. The molecular formula is C15H23ClN2O3. The fourth-order valence-electron chi connectivity index (χ4n) is 1.97. The van der Waals surface area contributed by atoms with Crippen LogP contribution in [0.1, 0.15) is 19.4 Å². The second kappa shape index (κ2) is 8.87. The van der Waals surface area contributed by atoms with E-state index in [-0.39, 0.29) is 24.6 Å². The van der Waals surface area contributed by atoms with Crippen LogP contribution in [0.2, 0.25) is 5.02 Å². The maximum Gasteiger partial charge on any atom is 0.258 e. The summed E-state index contributed by atoms with van der Waals surface area (Å²) in [6, 6.07) is 5.39. The predicted molar refractivity (Wildman–Crippen MR) is 83.8 cm³/mol. The zero-order chi connectivity index (χ0) is 15.8. The van der Waals surface area contributed by atoms with Crippen molar-refractivity contribution in [3.05, 3.63) is 28.8 Å². The number of amides is 1. The Hall–Kier alpha value is -1.30. The number of rotatable bonds is 8. The highest BCUT2D eigenvalue weighted by atomic mass is 35.5. The average Bonchev–Trinajstić information content (AvgIpc) is 2.37. The Morgan fingerprint density at radius 2 is 2.14 bits per heavy atom. The molecule has 6 heteroatoms. The number of nitrogens with one attached hydrogen (secondary N) is 1. The van der Waals surface area contributed by atoms with Gasteiger partial charge in [0.25, 0.3) is 5.91 Å². The Morgan fingerprint density at radius 3 is 2.76 bits per heavy atom. The third-order valence-corrected chi connectivity index (χ3v) is 3.06. The first-order valence-electron chi connectivity index (χ1n) is 6.88. The molecule has 1 aromatic carbocycles. The van der Waals surface area contributed by atoms with Crippen molar-refractivity contribution >= 4 is 17.5 Å². The van der Waals surface area contributed by atoms with Gasteiger partial charge in [0.1, 0.15) is 5.75 Å². The molecule has 118 valence electrons. The van der Waals surface area contributed by atoms with E-state index in [9.17, 15) is 4.79 Å². The molecule has 0 aliphatic heterocycles. The summed E-state index contributed by atoms with van der Waals surface area (Å²) >= 11 is 6.13. The number of hydrogen-bond acceptors (Lipinski definition) is 4. The Labute approximate surface area is 130 Å². The number of ether oxygens (including phenoxy) is 2. The quantitative estimate of drug-likeness (QED) is 0.767. The van der Waals surface area contributed by atoms with Crippen LogP contribution in [0.5, 0.6) is 5.75 Å². The van der Waals surface area contributed by atoms with E-state index in [4.69, 9.17) is 26.8 Å². The van der Waals surface area contributed by atoms with E-state index in [1.807, 2.05) is 26.0 Å². The van der Waals surface area contributed by atoms with Gasteiger partial charge in [-0.05, 0) is 31.9 Å². The van der Waals surface area contributed by atoms with Crippen molar-refractivity contribution in [2.75, 3.05) is 20.3 Å². The minimum atomic E-state index is -0.216. The fourth-order valence-corrected chi connectivity index (χ4v) is 2.22. The van der Waals surface area contributed by atoms with Gasteiger partial charge in [-0.25, -0.2) is 0 Å². The van der Waals surface area contributed by atoms with Gasteiger partial charge in [-0.1, -0.05) is 23.7 Å². The molecule has 5 nitrogen and oxygen atoms in total. The third-order valence-electron chi connectivity index (χ3n) is 2.76. The van der Waals surface area contributed by atoms with Gasteiger partial charge in [0.2, 0.25) is 0 Å². The predicted octanol–water partition coefficient (Wildman–Crippen LogP) is 1.76. The Morgan fingerprint density at radius 1 is 1.43 bits per heavy atom. The van der Waals surface area contributed by atoms with Gasteiger partial charge in [-0.3, -0.25) is 4.79 Å². The van der Waals surface area contributed by atoms with E-state index in [1.54, 1.807) is 13.2 Å². The van der Waals surface area contributed by atoms with Gasteiger partial charge in [-0.2, -0.15) is 0 Å². The van der Waals surface area contributed by atoms with E-state index in [2.05, 4.69) is 5.32 Å². The molecule has 0 heterocycles. The standard InChI is InChI=1S/C15H23ClN2O3/c1-10(17)7-12-5-4-6-13(16)15(12)21-9-14(19)18-11(2)8-20-3/h4-6,10-11H,7-9,17H2,1-3H3,(H,18,19). The summed E-state index contributed by atoms with van der Waals surface area (Å²) in [7, 11) is 1.59. The van der Waals surface area contributed by atoms with Crippen LogP contribution in [0.25, 0.3) is 0 Å². The number of benzene rings is 1. The second-order valence-electron chi connectivity index (χ2n) is 5.12. The molecular weight excluding hydrogens is 292 g/mol. The molecule has 0 saturated heterocycles. The number of para-hydroxylation sites is 1. The average molecular weight is 315 g/mol. The van der Waals surface area contributed by atoms with Crippen LogP contribution in [-0.2, 0) is 16.0 Å². The molecule has 1 aromatic rings. The molecule has 0 saturated carbocycles. The fraction of sp³-hybridized carbons (Fsp3) is 0.533. The number of nitrogens with two attached hydrogens (primary N) is 1. The van der Waals surface area contributed by atoms with Crippen molar-refractivity contribution in [3.8, 4) is 5.75 Å². The molecule has 0 spiro atoms. The van der Waals surface area contributed by atoms with Crippen molar-refractivity contribution in [2.45, 2.75) is 32.4 Å². The van der Waals surface area contributed by atoms with Crippen LogP contribution in [0.15, 0.2) is 18.2 Å². The second-order valence-corrected chi connectivity index (χ2v) is 5.53. The lowest BCUT2D eigenvalue weighted by atomic mass is 10.1. The molecule has 0 aromatic heterocycles. The largest absolute Gasteiger partial charge is 0.482 e. The first-order chi connectivity index (χ1) is 9.93. The molecule has 0 aliphatic carbocycles. The zero-order valence-corrected chi connectivity index (χ0v) is 13.4. The van der Waals surface area contributed by atoms with E-state index in [1.165, 1.54) is 0 Å². The Kier molecular flexibility index (Phi) is 7.50. The molecule has 1 amide bonds. The van der Waals surface area contributed by atoms with Gasteiger partial charge < -0.3 is 20.5 Å². The molecule has 3 N–H and O–H groups in total. The number of methoxy groups -OCH3 is 1. The van der Waals surface area contributed by atoms with Crippen LogP contribution < -0.4 is 15.8 Å². The summed E-state index contributed by atoms with van der Waals surface area (Å²) in [5.41, 5.74) is 6.71. The Bertz CT molecular complexity index is 466. The summed E-state index contributed by atoms with van der Waals surface area (Å²) in [6.45, 7) is 4.12. The zero-order valence-electron chi connectivity index (χ0n) is 12.7. The van der Waals surface area contributed by atoms with Gasteiger partial charge in [0.15, 0.2) is 6.61 Å². The van der Waals surface area contributed by atoms with Gasteiger partial charge in [0, 0.05) is 19.2 Å². The highest BCUT2D eigenvalue weighted by molar-refractivity contribution is 6.32. The van der Waals surface area contributed by atoms with Crippen molar-refractivity contribution in [1.29, 1.82) is 0 Å². The lowest BCUT2D eigenvalue weighted by Crippen LogP contribution is -2.38. The number of halogens is 1. The first kappa shape index (κ1) is 17.8. The molecule has 1 rings (SSSR count).